The van der Waals surface area contributed by atoms with E-state index >= 15 is 0 Å². The second-order valence-electron chi connectivity index (χ2n) is 9.54. The summed E-state index contributed by atoms with van der Waals surface area (Å²) < 4.78 is 0. The van der Waals surface area contributed by atoms with Crippen molar-refractivity contribution in [3.8, 4) is 11.1 Å². The van der Waals surface area contributed by atoms with Gasteiger partial charge in [0.25, 0.3) is 11.5 Å². The number of H-pyrrole nitrogens is 1. The number of pyridine rings is 1. The summed E-state index contributed by atoms with van der Waals surface area (Å²) in [6, 6.07) is 18.7. The molecule has 3 N–H and O–H groups in total. The van der Waals surface area contributed by atoms with E-state index in [2.05, 4.69) is 46.6 Å². The summed E-state index contributed by atoms with van der Waals surface area (Å²) in [7, 11) is 0. The Morgan fingerprint density at radius 3 is 2.31 bits per heavy atom. The van der Waals surface area contributed by atoms with Gasteiger partial charge in [-0.3, -0.25) is 9.59 Å². The van der Waals surface area contributed by atoms with Crippen molar-refractivity contribution in [2.45, 2.75) is 40.0 Å². The van der Waals surface area contributed by atoms with Crippen molar-refractivity contribution in [1.82, 2.24) is 15.2 Å². The fraction of sp³-hybridized carbons (Fsp3) is 0.214. The molecular weight excluding hydrogens is 438 g/mol. The van der Waals surface area contributed by atoms with Gasteiger partial charge >= 0.3 is 0 Å². The van der Waals surface area contributed by atoms with Crippen molar-refractivity contribution >= 4 is 23.1 Å². The first-order chi connectivity index (χ1) is 16.6. The first-order valence-corrected chi connectivity index (χ1v) is 11.4. The lowest BCUT2D eigenvalue weighted by Crippen LogP contribution is -2.15. The maximum Gasteiger partial charge on any atom is 0.271 e. The van der Waals surface area contributed by atoms with Crippen LogP contribution in [0.1, 0.15) is 48.0 Å². The zero-order chi connectivity index (χ0) is 25.2. The zero-order valence-electron chi connectivity index (χ0n) is 20.6. The second-order valence-corrected chi connectivity index (χ2v) is 9.54. The molecule has 35 heavy (non-hydrogen) atoms. The molecule has 0 unspecified atom stereocenters. The van der Waals surface area contributed by atoms with Gasteiger partial charge in [-0.25, -0.2) is 0 Å². The van der Waals surface area contributed by atoms with Gasteiger partial charge in [-0.1, -0.05) is 45.0 Å². The minimum atomic E-state index is -0.252. The Morgan fingerprint density at radius 2 is 1.66 bits per heavy atom. The highest BCUT2D eigenvalue weighted by molar-refractivity contribution is 6.05. The van der Waals surface area contributed by atoms with Crippen molar-refractivity contribution in [3.63, 3.8) is 0 Å². The third kappa shape index (κ3) is 5.30. The summed E-state index contributed by atoms with van der Waals surface area (Å²) in [5.41, 5.74) is 5.98. The van der Waals surface area contributed by atoms with Crippen LogP contribution in [0.5, 0.6) is 0 Å². The van der Waals surface area contributed by atoms with Crippen LogP contribution >= 0.6 is 0 Å². The number of amides is 1. The number of hydrogen-bond donors (Lipinski definition) is 3. The molecule has 4 aromatic rings. The number of carbonyl (C=O) groups is 1. The van der Waals surface area contributed by atoms with Gasteiger partial charge in [0.1, 0.15) is 5.69 Å². The van der Waals surface area contributed by atoms with E-state index in [9.17, 15) is 9.59 Å². The molecule has 178 valence electrons. The molecule has 2 aromatic heterocycles. The lowest BCUT2D eigenvalue weighted by molar-refractivity contribution is 0.102. The van der Waals surface area contributed by atoms with Crippen LogP contribution in [0.2, 0.25) is 0 Å². The SMILES string of the molecule is Cc1[nH]c(=O)c(Nc2cccnn2)cc1-c1cccc(NC(=O)c2ccc(C(C)(C)C)cc2)c1C. The Hall–Kier alpha value is -4.26. The van der Waals surface area contributed by atoms with Crippen molar-refractivity contribution < 1.29 is 4.79 Å². The Balaban J connectivity index is 1.63. The van der Waals surface area contributed by atoms with E-state index in [-0.39, 0.29) is 16.9 Å². The molecule has 1 amide bonds. The predicted octanol–water partition coefficient (Wildman–Crippen LogP) is 5.74. The van der Waals surface area contributed by atoms with Crippen LogP contribution in [0.4, 0.5) is 17.2 Å². The Morgan fingerprint density at radius 1 is 0.914 bits per heavy atom. The van der Waals surface area contributed by atoms with E-state index < -0.39 is 0 Å². The molecule has 0 aliphatic carbocycles. The summed E-state index contributed by atoms with van der Waals surface area (Å²) in [6.07, 6.45) is 1.57. The number of aromatic nitrogens is 3. The number of anilines is 3. The first kappa shape index (κ1) is 23.9. The maximum absolute atomic E-state index is 13.0. The van der Waals surface area contributed by atoms with Gasteiger partial charge in [0.15, 0.2) is 5.82 Å². The molecule has 0 fully saturated rings. The van der Waals surface area contributed by atoms with Crippen molar-refractivity contribution in [3.05, 3.63) is 99.6 Å². The molecule has 0 aliphatic heterocycles. The van der Waals surface area contributed by atoms with Crippen molar-refractivity contribution in [2.75, 3.05) is 10.6 Å². The van der Waals surface area contributed by atoms with E-state index in [1.807, 2.05) is 56.3 Å². The molecule has 7 heteroatoms. The molecule has 4 rings (SSSR count). The van der Waals surface area contributed by atoms with Crippen LogP contribution in [0.25, 0.3) is 11.1 Å². The smallest absolute Gasteiger partial charge is 0.271 e. The highest BCUT2D eigenvalue weighted by Gasteiger charge is 2.16. The van der Waals surface area contributed by atoms with Crippen LogP contribution in [0, 0.1) is 13.8 Å². The molecule has 0 saturated heterocycles. The van der Waals surface area contributed by atoms with Gasteiger partial charge in [-0.05, 0) is 72.4 Å². The maximum atomic E-state index is 13.0. The van der Waals surface area contributed by atoms with E-state index in [1.165, 1.54) is 5.56 Å². The Kier molecular flexibility index (Phi) is 6.51. The average molecular weight is 468 g/mol. The van der Waals surface area contributed by atoms with E-state index in [0.29, 0.717) is 22.8 Å². The number of rotatable bonds is 5. The number of carbonyl (C=O) groups excluding carboxylic acids is 1. The van der Waals surface area contributed by atoms with Gasteiger partial charge in [0.2, 0.25) is 0 Å². The number of nitrogens with one attached hydrogen (secondary N) is 3. The number of aryl methyl sites for hydroxylation is 1. The number of nitrogens with zero attached hydrogens (tertiary/aromatic N) is 2. The van der Waals surface area contributed by atoms with E-state index in [0.717, 1.165) is 22.4 Å². The molecule has 0 saturated carbocycles. The van der Waals surface area contributed by atoms with Gasteiger partial charge in [0.05, 0.1) is 0 Å². The summed E-state index contributed by atoms with van der Waals surface area (Å²) >= 11 is 0. The standard InChI is InChI=1S/C28H29N5O2/c1-17-21(22-16-24(27(35)30-18(22)2)31-25-10-7-15-29-33-25)8-6-9-23(17)32-26(34)19-11-13-20(14-12-19)28(3,4)5/h6-16H,1-5H3,(H,30,35)(H,31,33)(H,32,34). The summed E-state index contributed by atoms with van der Waals surface area (Å²) in [5, 5.41) is 13.9. The van der Waals surface area contributed by atoms with Gasteiger partial charge < -0.3 is 15.6 Å². The Bertz CT molecular complexity index is 1420. The third-order valence-corrected chi connectivity index (χ3v) is 5.96. The fourth-order valence-corrected chi connectivity index (χ4v) is 3.88. The molecule has 7 nitrogen and oxygen atoms in total. The van der Waals surface area contributed by atoms with Crippen molar-refractivity contribution in [1.29, 1.82) is 0 Å². The highest BCUT2D eigenvalue weighted by Crippen LogP contribution is 2.31. The topological polar surface area (TPSA) is 99.8 Å². The number of hydrogen-bond acceptors (Lipinski definition) is 5. The second kappa shape index (κ2) is 9.54. The van der Waals surface area contributed by atoms with Gasteiger partial charge in [0, 0.05) is 28.7 Å². The Labute approximate surface area is 204 Å². The van der Waals surface area contributed by atoms with Crippen LogP contribution < -0.4 is 16.2 Å². The van der Waals surface area contributed by atoms with Crippen LogP contribution in [-0.4, -0.2) is 21.1 Å². The van der Waals surface area contributed by atoms with Crippen molar-refractivity contribution in [2.24, 2.45) is 0 Å². The minimum Gasteiger partial charge on any atom is -0.334 e. The monoisotopic (exact) mass is 467 g/mol. The molecule has 0 atom stereocenters. The van der Waals surface area contributed by atoms with E-state index in [1.54, 1.807) is 24.4 Å². The largest absolute Gasteiger partial charge is 0.334 e. The first-order valence-electron chi connectivity index (χ1n) is 11.4. The van der Waals surface area contributed by atoms with Crippen LogP contribution in [-0.2, 0) is 5.41 Å². The van der Waals surface area contributed by atoms with Crippen LogP contribution in [0.3, 0.4) is 0 Å². The van der Waals surface area contributed by atoms with Gasteiger partial charge in [-0.15, -0.1) is 5.10 Å². The lowest BCUT2D eigenvalue weighted by atomic mass is 9.86. The summed E-state index contributed by atoms with van der Waals surface area (Å²) in [6.45, 7) is 10.2. The van der Waals surface area contributed by atoms with Gasteiger partial charge in [-0.2, -0.15) is 5.10 Å². The average Bonchev–Trinajstić information content (AvgIpc) is 2.82. The summed E-state index contributed by atoms with van der Waals surface area (Å²) in [5.74, 6) is 0.303. The molecular formula is C28H29N5O2. The number of benzene rings is 2. The third-order valence-electron chi connectivity index (χ3n) is 5.96. The molecule has 0 radical (unpaired) electrons. The highest BCUT2D eigenvalue weighted by atomic mass is 16.1. The minimum absolute atomic E-state index is 0.0231. The quantitative estimate of drug-likeness (QED) is 0.347. The molecule has 0 bridgehead atoms. The predicted molar refractivity (Wildman–Crippen MR) is 140 cm³/mol. The molecule has 2 heterocycles. The van der Waals surface area contributed by atoms with E-state index in [4.69, 9.17) is 0 Å². The lowest BCUT2D eigenvalue weighted by Gasteiger charge is -2.19. The zero-order valence-corrected chi connectivity index (χ0v) is 20.6. The number of aromatic amines is 1. The fourth-order valence-electron chi connectivity index (χ4n) is 3.88. The molecule has 2 aromatic carbocycles. The summed E-state index contributed by atoms with van der Waals surface area (Å²) in [4.78, 5) is 28.4. The van der Waals surface area contributed by atoms with Crippen LogP contribution in [0.15, 0.2) is 71.7 Å². The molecule has 0 aliphatic rings. The normalized spacial score (nSPS) is 11.2. The molecule has 0 spiro atoms.